The molecule has 1 aliphatic carbocycles. The summed E-state index contributed by atoms with van der Waals surface area (Å²) in [6, 6.07) is 4.18. The number of benzene rings is 1. The van der Waals surface area contributed by atoms with Crippen molar-refractivity contribution in [2.75, 3.05) is 30.9 Å². The number of H-pyrrole nitrogens is 1. The number of anilines is 2. The molecule has 9 heteroatoms. The highest BCUT2D eigenvalue weighted by Gasteiger charge is 2.26. The number of furan rings is 1. The Hall–Kier alpha value is -3.33. The molecule has 2 heterocycles. The van der Waals surface area contributed by atoms with Gasteiger partial charge in [0.05, 0.1) is 12.7 Å². The van der Waals surface area contributed by atoms with E-state index in [0.29, 0.717) is 19.6 Å². The van der Waals surface area contributed by atoms with Crippen LogP contribution in [0.5, 0.6) is 0 Å². The number of nitrogens with two attached hydrogens (primary N) is 1. The minimum Gasteiger partial charge on any atom is -0.464 e. The molecule has 1 aromatic carbocycles. The maximum Gasteiger partial charge on any atom is 0.330 e. The van der Waals surface area contributed by atoms with E-state index in [1.807, 2.05) is 13.8 Å². The molecule has 0 fully saturated rings. The van der Waals surface area contributed by atoms with Gasteiger partial charge in [0, 0.05) is 37.8 Å². The zero-order valence-electron chi connectivity index (χ0n) is 20.0. The van der Waals surface area contributed by atoms with Gasteiger partial charge < -0.3 is 19.8 Å². The summed E-state index contributed by atoms with van der Waals surface area (Å²) in [5, 5.41) is 0.914. The van der Waals surface area contributed by atoms with E-state index in [2.05, 4.69) is 17.1 Å². The normalized spacial score (nSPS) is 13.1. The fourth-order valence-corrected chi connectivity index (χ4v) is 4.66. The quantitative estimate of drug-likeness (QED) is 0.465. The molecule has 0 saturated heterocycles. The molecule has 1 amide bonds. The lowest BCUT2D eigenvalue weighted by Crippen LogP contribution is -2.42. The number of hydrogen-bond acceptors (Lipinski definition) is 6. The molecule has 0 bridgehead atoms. The highest BCUT2D eigenvalue weighted by Crippen LogP contribution is 2.31. The summed E-state index contributed by atoms with van der Waals surface area (Å²) in [5.41, 5.74) is 9.15. The van der Waals surface area contributed by atoms with Crippen LogP contribution in [0.2, 0.25) is 0 Å². The lowest BCUT2D eigenvalue weighted by Gasteiger charge is -2.25. The van der Waals surface area contributed by atoms with Gasteiger partial charge in [0.15, 0.2) is 5.69 Å². The zero-order chi connectivity index (χ0) is 24.4. The lowest BCUT2D eigenvalue weighted by molar-refractivity contribution is -0.118. The first-order valence-electron chi connectivity index (χ1n) is 11.7. The number of fused-ring (bicyclic) bond motifs is 2. The van der Waals surface area contributed by atoms with Crippen LogP contribution in [0.1, 0.15) is 43.4 Å². The first-order chi connectivity index (χ1) is 16.3. The van der Waals surface area contributed by atoms with Crippen molar-refractivity contribution in [2.24, 2.45) is 5.92 Å². The van der Waals surface area contributed by atoms with Gasteiger partial charge >= 0.3 is 5.69 Å². The van der Waals surface area contributed by atoms with E-state index in [1.54, 1.807) is 13.4 Å². The Bertz CT molecular complexity index is 1320. The molecule has 1 aliphatic rings. The van der Waals surface area contributed by atoms with E-state index in [4.69, 9.17) is 14.9 Å². The zero-order valence-corrected chi connectivity index (χ0v) is 20.0. The molecule has 0 aliphatic heterocycles. The number of hydrogen-bond donors (Lipinski definition) is 2. The van der Waals surface area contributed by atoms with Crippen molar-refractivity contribution in [2.45, 2.75) is 52.5 Å². The Labute approximate surface area is 197 Å². The van der Waals surface area contributed by atoms with Crippen molar-refractivity contribution in [3.63, 3.8) is 0 Å². The smallest absolute Gasteiger partial charge is 0.330 e. The van der Waals surface area contributed by atoms with Crippen molar-refractivity contribution in [3.8, 4) is 0 Å². The van der Waals surface area contributed by atoms with Crippen LogP contribution in [0.3, 0.4) is 0 Å². The van der Waals surface area contributed by atoms with Gasteiger partial charge in [-0.15, -0.1) is 0 Å². The van der Waals surface area contributed by atoms with Crippen molar-refractivity contribution < 1.29 is 13.9 Å². The lowest BCUT2D eigenvalue weighted by atomic mass is 10.0. The van der Waals surface area contributed by atoms with Crippen LogP contribution in [-0.2, 0) is 35.3 Å². The first-order valence-corrected chi connectivity index (χ1v) is 11.7. The number of carbonyl (C=O) groups excluding carboxylic acids is 1. The Morgan fingerprint density at radius 2 is 2.00 bits per heavy atom. The molecule has 3 aromatic rings. The van der Waals surface area contributed by atoms with Crippen LogP contribution in [-0.4, -0.2) is 35.7 Å². The average Bonchev–Trinajstić information content (AvgIpc) is 3.40. The number of ether oxygens (including phenoxy) is 1. The molecule has 34 heavy (non-hydrogen) atoms. The van der Waals surface area contributed by atoms with Gasteiger partial charge in [0.25, 0.3) is 5.56 Å². The number of amides is 1. The maximum absolute atomic E-state index is 13.6. The van der Waals surface area contributed by atoms with E-state index in [0.717, 1.165) is 35.8 Å². The molecule has 4 rings (SSSR count). The van der Waals surface area contributed by atoms with Gasteiger partial charge in [-0.2, -0.15) is 0 Å². The van der Waals surface area contributed by atoms with Crippen LogP contribution in [0.25, 0.3) is 11.0 Å². The number of aromatic amines is 1. The second kappa shape index (κ2) is 9.89. The van der Waals surface area contributed by atoms with Gasteiger partial charge in [-0.3, -0.25) is 19.1 Å². The summed E-state index contributed by atoms with van der Waals surface area (Å²) in [5.74, 6) is -0.190. The maximum atomic E-state index is 13.6. The van der Waals surface area contributed by atoms with Crippen LogP contribution >= 0.6 is 0 Å². The van der Waals surface area contributed by atoms with E-state index >= 15 is 0 Å². The molecule has 0 atom stereocenters. The summed E-state index contributed by atoms with van der Waals surface area (Å²) >= 11 is 0. The fraction of sp³-hybridized carbons (Fsp3) is 0.480. The largest absolute Gasteiger partial charge is 0.464 e. The van der Waals surface area contributed by atoms with Gasteiger partial charge in [0.2, 0.25) is 5.91 Å². The second-order valence-corrected chi connectivity index (χ2v) is 9.30. The van der Waals surface area contributed by atoms with Crippen molar-refractivity contribution in [3.05, 3.63) is 55.9 Å². The number of aryl methyl sites for hydroxylation is 2. The van der Waals surface area contributed by atoms with Crippen molar-refractivity contribution >= 4 is 28.4 Å². The summed E-state index contributed by atoms with van der Waals surface area (Å²) in [6.45, 7) is 4.85. The Morgan fingerprint density at radius 3 is 2.71 bits per heavy atom. The third-order valence-corrected chi connectivity index (χ3v) is 6.27. The van der Waals surface area contributed by atoms with Crippen LogP contribution in [0, 0.1) is 5.92 Å². The highest BCUT2D eigenvalue weighted by atomic mass is 16.5. The number of methoxy groups -OCH3 is 1. The summed E-state index contributed by atoms with van der Waals surface area (Å²) in [4.78, 5) is 42.5. The highest BCUT2D eigenvalue weighted by molar-refractivity contribution is 5.99. The van der Waals surface area contributed by atoms with E-state index in [9.17, 15) is 14.4 Å². The van der Waals surface area contributed by atoms with Crippen molar-refractivity contribution in [1.29, 1.82) is 0 Å². The molecule has 182 valence electrons. The topological polar surface area (TPSA) is 124 Å². The molecule has 0 saturated carbocycles. The minimum absolute atomic E-state index is 0.00459. The average molecular weight is 469 g/mol. The van der Waals surface area contributed by atoms with Crippen LogP contribution in [0.4, 0.5) is 11.5 Å². The molecule has 3 N–H and O–H groups in total. The Morgan fingerprint density at radius 1 is 1.26 bits per heavy atom. The summed E-state index contributed by atoms with van der Waals surface area (Å²) in [7, 11) is 1.58. The van der Waals surface area contributed by atoms with E-state index in [-0.39, 0.29) is 36.3 Å². The Kier molecular flexibility index (Phi) is 6.92. The number of rotatable bonds is 9. The molecule has 0 unspecified atom stereocenters. The molecular formula is C25H32N4O5. The fourth-order valence-electron chi connectivity index (χ4n) is 4.66. The number of aromatic nitrogens is 2. The van der Waals surface area contributed by atoms with E-state index < -0.39 is 11.2 Å². The van der Waals surface area contributed by atoms with Gasteiger partial charge in [-0.05, 0) is 54.9 Å². The van der Waals surface area contributed by atoms with Gasteiger partial charge in [-0.25, -0.2) is 4.79 Å². The van der Waals surface area contributed by atoms with Crippen LogP contribution in [0.15, 0.2) is 32.4 Å². The molecule has 0 spiro atoms. The monoisotopic (exact) mass is 468 g/mol. The first kappa shape index (κ1) is 23.8. The number of nitrogens with one attached hydrogen (secondary N) is 1. The molecule has 9 nitrogen and oxygen atoms in total. The SMILES string of the molecule is COCCCN(C(=O)Cc1coc2cc3c(cc12)CCC3)c1c(N)n(CC(C)C)c(=O)[nH]c1=O. The molecular weight excluding hydrogens is 436 g/mol. The standard InChI is InChI=1S/C25H32N4O5/c1-15(2)13-29-23(26)22(24(31)27-25(29)32)28(8-5-9-33-3)21(30)12-18-14-34-20-11-17-7-4-6-16(17)10-19(18)20/h10-11,14-15H,4-9,12-13,26H2,1-3H3,(H,27,31,32). The van der Waals surface area contributed by atoms with Gasteiger partial charge in [0.1, 0.15) is 11.4 Å². The minimum atomic E-state index is -0.678. The number of carbonyl (C=O) groups is 1. The second-order valence-electron chi connectivity index (χ2n) is 9.30. The molecule has 2 aromatic heterocycles. The predicted octanol–water partition coefficient (Wildman–Crippen LogP) is 2.62. The molecule has 0 radical (unpaired) electrons. The van der Waals surface area contributed by atoms with Crippen LogP contribution < -0.4 is 21.9 Å². The number of nitrogens with zero attached hydrogens (tertiary/aromatic N) is 2. The summed E-state index contributed by atoms with van der Waals surface area (Å²) in [6.07, 6.45) is 5.35. The predicted molar refractivity (Wildman–Crippen MR) is 131 cm³/mol. The van der Waals surface area contributed by atoms with Gasteiger partial charge in [-0.1, -0.05) is 13.8 Å². The Balaban J connectivity index is 1.71. The third kappa shape index (κ3) is 4.65. The summed E-state index contributed by atoms with van der Waals surface area (Å²) < 4.78 is 12.2. The van der Waals surface area contributed by atoms with E-state index in [1.165, 1.54) is 20.6 Å². The van der Waals surface area contributed by atoms with Crippen molar-refractivity contribution in [1.82, 2.24) is 9.55 Å². The number of nitrogen functional groups attached to an aromatic ring is 1. The third-order valence-electron chi connectivity index (χ3n) is 6.27.